The van der Waals surface area contributed by atoms with E-state index in [2.05, 4.69) is 36.5 Å². The molecule has 2 nitrogen and oxygen atoms in total. The van der Waals surface area contributed by atoms with Gasteiger partial charge in [-0.2, -0.15) is 0 Å². The smallest absolute Gasteiger partial charge is 0.119 e. The minimum Gasteiger partial charge on any atom is -0.490 e. The van der Waals surface area contributed by atoms with Gasteiger partial charge < -0.3 is 10.1 Å². The van der Waals surface area contributed by atoms with Crippen LogP contribution in [-0.2, 0) is 6.54 Å². The lowest BCUT2D eigenvalue weighted by Gasteiger charge is -2.23. The highest BCUT2D eigenvalue weighted by molar-refractivity contribution is 5.27. The normalized spacial score (nSPS) is 17.0. The number of ether oxygens (including phenoxy) is 1. The largest absolute Gasteiger partial charge is 0.490 e. The van der Waals surface area contributed by atoms with E-state index >= 15 is 0 Å². The third kappa shape index (κ3) is 4.04. The Balaban J connectivity index is 1.84. The van der Waals surface area contributed by atoms with Crippen molar-refractivity contribution >= 4 is 0 Å². The summed E-state index contributed by atoms with van der Waals surface area (Å²) in [5.74, 6) is 1.03. The standard InChI is InChI=1S/C15H23NO/c1-2-16-12-13-8-10-15(11-9-13)17-14-6-4-3-5-7-14/h8-11,14,16H,2-7,12H2,1H3. The minimum atomic E-state index is 0.448. The fourth-order valence-corrected chi connectivity index (χ4v) is 2.33. The molecule has 1 aliphatic rings. The van der Waals surface area contributed by atoms with Crippen molar-refractivity contribution < 1.29 is 4.74 Å². The fourth-order valence-electron chi connectivity index (χ4n) is 2.33. The van der Waals surface area contributed by atoms with Crippen LogP contribution in [0.2, 0.25) is 0 Å². The van der Waals surface area contributed by atoms with Gasteiger partial charge in [-0.05, 0) is 49.9 Å². The van der Waals surface area contributed by atoms with Crippen LogP contribution in [0.4, 0.5) is 0 Å². The molecule has 0 bridgehead atoms. The molecular formula is C15H23NO. The Morgan fingerprint density at radius 1 is 1.12 bits per heavy atom. The predicted molar refractivity (Wildman–Crippen MR) is 71.3 cm³/mol. The molecule has 1 aromatic carbocycles. The second kappa shape index (κ2) is 6.65. The predicted octanol–water partition coefficient (Wildman–Crippen LogP) is 3.51. The van der Waals surface area contributed by atoms with Crippen LogP contribution in [0.5, 0.6) is 5.75 Å². The van der Waals surface area contributed by atoms with Crippen LogP contribution in [-0.4, -0.2) is 12.6 Å². The van der Waals surface area contributed by atoms with Crippen LogP contribution in [0.15, 0.2) is 24.3 Å². The van der Waals surface area contributed by atoms with Crippen molar-refractivity contribution in [1.82, 2.24) is 5.32 Å². The molecule has 0 aromatic heterocycles. The van der Waals surface area contributed by atoms with Gasteiger partial charge in [0.2, 0.25) is 0 Å². The Labute approximate surface area is 104 Å². The van der Waals surface area contributed by atoms with Gasteiger partial charge >= 0.3 is 0 Å². The van der Waals surface area contributed by atoms with Crippen molar-refractivity contribution in [3.8, 4) is 5.75 Å². The third-order valence-corrected chi connectivity index (χ3v) is 3.36. The van der Waals surface area contributed by atoms with Crippen molar-refractivity contribution in [1.29, 1.82) is 0 Å². The highest BCUT2D eigenvalue weighted by Crippen LogP contribution is 2.23. The second-order valence-corrected chi connectivity index (χ2v) is 4.80. The number of hydrogen-bond donors (Lipinski definition) is 1. The van der Waals surface area contributed by atoms with E-state index in [1.165, 1.54) is 37.7 Å². The highest BCUT2D eigenvalue weighted by Gasteiger charge is 2.14. The van der Waals surface area contributed by atoms with E-state index < -0.39 is 0 Å². The third-order valence-electron chi connectivity index (χ3n) is 3.36. The Hall–Kier alpha value is -1.02. The summed E-state index contributed by atoms with van der Waals surface area (Å²) >= 11 is 0. The highest BCUT2D eigenvalue weighted by atomic mass is 16.5. The molecule has 0 spiro atoms. The molecule has 0 heterocycles. The van der Waals surface area contributed by atoms with Gasteiger partial charge in [0.05, 0.1) is 6.10 Å². The Kier molecular flexibility index (Phi) is 4.87. The average Bonchev–Trinajstić information content (AvgIpc) is 2.39. The van der Waals surface area contributed by atoms with Crippen LogP contribution in [0.1, 0.15) is 44.6 Å². The van der Waals surface area contributed by atoms with E-state index in [1.54, 1.807) is 0 Å². The maximum absolute atomic E-state index is 5.99. The van der Waals surface area contributed by atoms with Crippen molar-refractivity contribution in [2.75, 3.05) is 6.54 Å². The molecule has 1 fully saturated rings. The van der Waals surface area contributed by atoms with E-state index in [0.29, 0.717) is 6.10 Å². The quantitative estimate of drug-likeness (QED) is 0.840. The monoisotopic (exact) mass is 233 g/mol. The number of benzene rings is 1. The summed E-state index contributed by atoms with van der Waals surface area (Å²) in [6.07, 6.45) is 6.91. The molecule has 0 amide bonds. The van der Waals surface area contributed by atoms with E-state index in [-0.39, 0.29) is 0 Å². The Bertz CT molecular complexity index is 314. The van der Waals surface area contributed by atoms with Gasteiger partial charge in [-0.15, -0.1) is 0 Å². The first-order valence-electron chi connectivity index (χ1n) is 6.85. The van der Waals surface area contributed by atoms with Crippen LogP contribution in [0.3, 0.4) is 0 Å². The van der Waals surface area contributed by atoms with E-state index in [9.17, 15) is 0 Å². The summed E-state index contributed by atoms with van der Waals surface area (Å²) in [6, 6.07) is 8.50. The summed E-state index contributed by atoms with van der Waals surface area (Å²) < 4.78 is 5.99. The summed E-state index contributed by atoms with van der Waals surface area (Å²) in [7, 11) is 0. The molecule has 0 saturated heterocycles. The first-order chi connectivity index (χ1) is 8.38. The Morgan fingerprint density at radius 2 is 1.82 bits per heavy atom. The maximum Gasteiger partial charge on any atom is 0.119 e. The molecule has 1 aliphatic carbocycles. The molecule has 17 heavy (non-hydrogen) atoms. The zero-order chi connectivity index (χ0) is 11.9. The molecule has 1 N–H and O–H groups in total. The van der Waals surface area contributed by atoms with Gasteiger partial charge in [-0.1, -0.05) is 25.5 Å². The molecule has 0 aliphatic heterocycles. The van der Waals surface area contributed by atoms with E-state index in [0.717, 1.165) is 18.8 Å². The SMILES string of the molecule is CCNCc1ccc(OC2CCCCC2)cc1. The maximum atomic E-state index is 5.99. The molecule has 1 aromatic rings. The average molecular weight is 233 g/mol. The fraction of sp³-hybridized carbons (Fsp3) is 0.600. The zero-order valence-corrected chi connectivity index (χ0v) is 10.7. The number of hydrogen-bond acceptors (Lipinski definition) is 2. The lowest BCUT2D eigenvalue weighted by molar-refractivity contribution is 0.155. The Morgan fingerprint density at radius 3 is 2.47 bits per heavy atom. The lowest BCUT2D eigenvalue weighted by Crippen LogP contribution is -2.19. The van der Waals surface area contributed by atoms with Crippen molar-refractivity contribution in [2.24, 2.45) is 0 Å². The van der Waals surface area contributed by atoms with Gasteiger partial charge in [-0.3, -0.25) is 0 Å². The van der Waals surface area contributed by atoms with Crippen molar-refractivity contribution in [3.63, 3.8) is 0 Å². The summed E-state index contributed by atoms with van der Waals surface area (Å²) in [5.41, 5.74) is 1.32. The van der Waals surface area contributed by atoms with Crippen LogP contribution < -0.4 is 10.1 Å². The summed E-state index contributed by atoms with van der Waals surface area (Å²) in [6.45, 7) is 4.08. The molecule has 1 saturated carbocycles. The van der Waals surface area contributed by atoms with Crippen molar-refractivity contribution in [3.05, 3.63) is 29.8 Å². The summed E-state index contributed by atoms with van der Waals surface area (Å²) in [4.78, 5) is 0. The molecule has 0 unspecified atom stereocenters. The molecule has 0 radical (unpaired) electrons. The number of nitrogens with one attached hydrogen (secondary N) is 1. The topological polar surface area (TPSA) is 21.3 Å². The second-order valence-electron chi connectivity index (χ2n) is 4.80. The molecule has 2 rings (SSSR count). The molecular weight excluding hydrogens is 210 g/mol. The molecule has 94 valence electrons. The van der Waals surface area contributed by atoms with Gasteiger partial charge in [0.25, 0.3) is 0 Å². The van der Waals surface area contributed by atoms with Crippen LogP contribution in [0.25, 0.3) is 0 Å². The lowest BCUT2D eigenvalue weighted by atomic mass is 9.98. The van der Waals surface area contributed by atoms with Crippen LogP contribution in [0, 0.1) is 0 Å². The molecule has 2 heteroatoms. The van der Waals surface area contributed by atoms with Gasteiger partial charge in [0, 0.05) is 6.54 Å². The van der Waals surface area contributed by atoms with Crippen molar-refractivity contribution in [2.45, 2.75) is 51.7 Å². The van der Waals surface area contributed by atoms with E-state index in [4.69, 9.17) is 4.74 Å². The van der Waals surface area contributed by atoms with E-state index in [1.807, 2.05) is 0 Å². The van der Waals surface area contributed by atoms with Gasteiger partial charge in [-0.25, -0.2) is 0 Å². The van der Waals surface area contributed by atoms with Crippen LogP contribution >= 0.6 is 0 Å². The number of rotatable bonds is 5. The molecule has 0 atom stereocenters. The first-order valence-corrected chi connectivity index (χ1v) is 6.85. The summed E-state index contributed by atoms with van der Waals surface area (Å²) in [5, 5.41) is 3.32. The first kappa shape index (κ1) is 12.4. The van der Waals surface area contributed by atoms with Gasteiger partial charge in [0.15, 0.2) is 0 Å². The van der Waals surface area contributed by atoms with Gasteiger partial charge in [0.1, 0.15) is 5.75 Å². The minimum absolute atomic E-state index is 0.448. The zero-order valence-electron chi connectivity index (χ0n) is 10.7.